The molecule has 0 aromatic rings. The van der Waals surface area contributed by atoms with Crippen molar-refractivity contribution in [3.05, 3.63) is 0 Å². The van der Waals surface area contributed by atoms with Gasteiger partial charge in [0, 0.05) is 34.1 Å². The molecule has 0 aromatic carbocycles. The zero-order valence-corrected chi connectivity index (χ0v) is 27.4. The Hall–Kier alpha value is 0.330. The minimum absolute atomic E-state index is 0. The minimum atomic E-state index is -1.00. The van der Waals surface area contributed by atoms with Crippen molar-refractivity contribution in [1.82, 2.24) is 15.5 Å². The molecule has 1 fully saturated rings. The number of carbonyl (C=O) groups excluding carboxylic acids is 2. The zero-order chi connectivity index (χ0) is 30.5. The van der Waals surface area contributed by atoms with Crippen LogP contribution in [0.2, 0.25) is 0 Å². The van der Waals surface area contributed by atoms with Crippen molar-refractivity contribution in [3.8, 4) is 0 Å². The molecule has 226 valence electrons. The smallest absolute Gasteiger partial charge is 1.00 e. The van der Waals surface area contributed by atoms with E-state index in [0.717, 1.165) is 13.2 Å². The molecule has 36 heavy (non-hydrogen) atoms. The van der Waals surface area contributed by atoms with Crippen molar-refractivity contribution < 1.29 is 40.4 Å². The van der Waals surface area contributed by atoms with Gasteiger partial charge in [0.2, 0.25) is 11.1 Å². The Kier molecular flexibility index (Phi) is 202. The molecule has 7 nitrogen and oxygen atoms in total. The standard InChI is InChI=1S/C6H15N.C4H8O.C3H7NO.C2H3ClO.C2H7N.3C2H6.CH3F.CH5N.Al.Li.4H/c1-4-7(5-2)6-3;1-2-4-5-3-1;1-3(5)4-2;1-2(3)4;1-3-2;5*1-2;;;;;;/h4-6H2,1-3H3;1-4H2;1-2H3,(H,4,5);1H3;3H,1-2H3;3*1-2H3;1H3;2H2,1H3;;;;;;/q;;;;;;;;;;;+1;;;;-1/i;;;;;;;;1D;;;;;;;. The van der Waals surface area contributed by atoms with Crippen LogP contribution in [0.5, 0.6) is 0 Å². The summed E-state index contributed by atoms with van der Waals surface area (Å²) in [5, 5.41) is 4.78. The van der Waals surface area contributed by atoms with Crippen molar-refractivity contribution in [2.75, 3.05) is 68.2 Å². The van der Waals surface area contributed by atoms with E-state index < -0.39 is 7.15 Å². The molecule has 1 heterocycles. The summed E-state index contributed by atoms with van der Waals surface area (Å²) in [7, 11) is 5.85. The van der Waals surface area contributed by atoms with E-state index in [-0.39, 0.29) is 48.8 Å². The van der Waals surface area contributed by atoms with Crippen LogP contribution in [-0.4, -0.2) is 102 Å². The maximum Gasteiger partial charge on any atom is 1.00 e. The molecule has 1 aliphatic heterocycles. The Morgan fingerprint density at radius 3 is 1.14 bits per heavy atom. The number of rotatable bonds is 3. The summed E-state index contributed by atoms with van der Waals surface area (Å²) in [5.74, 6) is 0.00463. The van der Waals surface area contributed by atoms with Crippen molar-refractivity contribution in [2.24, 2.45) is 5.73 Å². The fourth-order valence-electron chi connectivity index (χ4n) is 1.18. The molecular formula is C25H70AlClFLiN4O3. The number of nitrogens with two attached hydrogens (primary N) is 1. The Balaban J connectivity index is -0.0000000203. The van der Waals surface area contributed by atoms with Crippen LogP contribution in [-0.2, 0) is 14.3 Å². The van der Waals surface area contributed by atoms with E-state index in [1.54, 1.807) is 7.05 Å². The third-order valence-corrected chi connectivity index (χ3v) is 2.52. The summed E-state index contributed by atoms with van der Waals surface area (Å²) in [4.78, 5) is 21.3. The maximum absolute atomic E-state index is 9.96. The Morgan fingerprint density at radius 1 is 0.944 bits per heavy atom. The minimum Gasteiger partial charge on any atom is -1.00 e. The second-order valence-electron chi connectivity index (χ2n) is 4.72. The molecular weight excluding hydrogens is 493 g/mol. The summed E-state index contributed by atoms with van der Waals surface area (Å²) in [5.41, 5.74) is 4.50. The number of nitrogens with zero attached hydrogens (tertiary/aromatic N) is 1. The number of halogens is 2. The topological polar surface area (TPSA) is 96.7 Å². The van der Waals surface area contributed by atoms with E-state index in [1.165, 1.54) is 53.4 Å². The molecule has 0 saturated carbocycles. The van der Waals surface area contributed by atoms with Gasteiger partial charge < -0.3 is 27.4 Å². The number of carbonyl (C=O) groups is 2. The van der Waals surface area contributed by atoms with E-state index in [1.807, 2.05) is 55.6 Å². The SMILES string of the molecule is C1CCOC1.CC.CC.CC.CC(=O)Cl.CCN(CC)CC.CN.CNC.CNC(C)=O.[2H]CF.[AlH3].[H-].[Li+]. The van der Waals surface area contributed by atoms with Crippen LogP contribution in [0.4, 0.5) is 4.39 Å². The van der Waals surface area contributed by atoms with Gasteiger partial charge >= 0.3 is 18.9 Å². The van der Waals surface area contributed by atoms with Gasteiger partial charge in [0.15, 0.2) is 17.4 Å². The Morgan fingerprint density at radius 2 is 1.11 bits per heavy atom. The molecule has 0 spiro atoms. The second kappa shape index (κ2) is 111. The van der Waals surface area contributed by atoms with Gasteiger partial charge in [-0.25, -0.2) is 0 Å². The molecule has 1 rings (SSSR count). The number of nitrogens with one attached hydrogen (secondary N) is 2. The van der Waals surface area contributed by atoms with Gasteiger partial charge in [0.25, 0.3) is 0 Å². The van der Waals surface area contributed by atoms with Gasteiger partial charge in [-0.3, -0.25) is 14.0 Å². The van der Waals surface area contributed by atoms with Crippen LogP contribution in [0, 0.1) is 0 Å². The van der Waals surface area contributed by atoms with E-state index in [9.17, 15) is 14.0 Å². The number of ether oxygens (including phenoxy) is 1. The van der Waals surface area contributed by atoms with E-state index >= 15 is 0 Å². The molecule has 4 N–H and O–H groups in total. The molecule has 0 atom stereocenters. The quantitative estimate of drug-likeness (QED) is 0.357. The zero-order valence-electron chi connectivity index (χ0n) is 28.7. The number of alkyl halides is 1. The van der Waals surface area contributed by atoms with Crippen molar-refractivity contribution in [3.63, 3.8) is 0 Å². The monoisotopic (exact) mass is 564 g/mol. The van der Waals surface area contributed by atoms with Crippen LogP contribution < -0.4 is 35.2 Å². The normalized spacial score (nSPS) is 8.69. The average Bonchev–Trinajstić information content (AvgIpc) is 3.47. The fraction of sp³-hybridized carbons (Fsp3) is 0.920. The first kappa shape index (κ1) is 65.4. The van der Waals surface area contributed by atoms with Crippen LogP contribution in [0.1, 0.15) is 91.8 Å². The van der Waals surface area contributed by atoms with Gasteiger partial charge in [0.1, 0.15) is 0 Å². The number of hydrogen-bond donors (Lipinski definition) is 3. The van der Waals surface area contributed by atoms with Crippen LogP contribution in [0.25, 0.3) is 0 Å². The predicted molar refractivity (Wildman–Crippen MR) is 167 cm³/mol. The first-order valence-electron chi connectivity index (χ1n) is 13.0. The molecule has 0 unspecified atom stereocenters. The van der Waals surface area contributed by atoms with Crippen molar-refractivity contribution >= 4 is 40.1 Å². The van der Waals surface area contributed by atoms with Gasteiger partial charge in [-0.05, 0) is 65.2 Å². The van der Waals surface area contributed by atoms with Crippen LogP contribution >= 0.6 is 11.6 Å². The van der Waals surface area contributed by atoms with Gasteiger partial charge in [0.05, 0.1) is 8.52 Å². The number of amides is 1. The fourth-order valence-corrected chi connectivity index (χ4v) is 1.18. The van der Waals surface area contributed by atoms with Crippen LogP contribution in [0.3, 0.4) is 0 Å². The maximum atomic E-state index is 9.96. The predicted octanol–water partition coefficient (Wildman–Crippen LogP) is 1.68. The third kappa shape index (κ3) is 215. The molecule has 0 aromatic heterocycles. The largest absolute Gasteiger partial charge is 1.00 e. The molecule has 0 aliphatic carbocycles. The summed E-state index contributed by atoms with van der Waals surface area (Å²) < 4.78 is 20.4. The molecule has 0 bridgehead atoms. The molecule has 1 aliphatic rings. The number of hydrogen-bond acceptors (Lipinski definition) is 6. The van der Waals surface area contributed by atoms with Crippen LogP contribution in [0.15, 0.2) is 0 Å². The van der Waals surface area contributed by atoms with E-state index in [4.69, 9.17) is 6.11 Å². The van der Waals surface area contributed by atoms with Gasteiger partial charge in [-0.15, -0.1) is 0 Å². The van der Waals surface area contributed by atoms with E-state index in [2.05, 4.69) is 53.6 Å². The second-order valence-corrected chi connectivity index (χ2v) is 5.25. The molecule has 11 heteroatoms. The summed E-state index contributed by atoms with van der Waals surface area (Å²) >= 11 is 4.64. The molecule has 1 amide bonds. The van der Waals surface area contributed by atoms with Crippen molar-refractivity contribution in [2.45, 2.75) is 89.0 Å². The third-order valence-electron chi connectivity index (χ3n) is 2.52. The van der Waals surface area contributed by atoms with Crippen molar-refractivity contribution in [1.29, 1.82) is 0 Å². The Bertz CT molecular complexity index is 278. The van der Waals surface area contributed by atoms with Gasteiger partial charge in [-0.1, -0.05) is 62.3 Å². The summed E-state index contributed by atoms with van der Waals surface area (Å²) in [6.07, 6.45) is 2.56. The average molecular weight is 564 g/mol. The van der Waals surface area contributed by atoms with Gasteiger partial charge in [-0.2, -0.15) is 0 Å². The summed E-state index contributed by atoms with van der Waals surface area (Å²) in [6, 6.07) is 0. The Labute approximate surface area is 258 Å². The molecule has 1 saturated heterocycles. The summed E-state index contributed by atoms with van der Waals surface area (Å²) in [6.45, 7) is 26.9. The van der Waals surface area contributed by atoms with E-state index in [0.29, 0.717) is 0 Å². The first-order valence-corrected chi connectivity index (χ1v) is 12.7. The molecule has 0 radical (unpaired) electrons. The first-order chi connectivity index (χ1) is 16.7.